The highest BCUT2D eigenvalue weighted by Gasteiger charge is 2.20. The normalized spacial score (nSPS) is 12.1. The molecule has 154 valence electrons. The third-order valence-corrected chi connectivity index (χ3v) is 5.20. The monoisotopic (exact) mass is 460 g/mol. The molecule has 3 aromatic rings. The molecular formula is C22H25BrN2O4. The van der Waals surface area contributed by atoms with E-state index in [4.69, 9.17) is 9.47 Å². The second-order valence-corrected chi connectivity index (χ2v) is 7.46. The number of ether oxygens (including phenoxy) is 2. The summed E-state index contributed by atoms with van der Waals surface area (Å²) in [5.41, 5.74) is 2.89. The largest absolute Gasteiger partial charge is 0.490 e. The molecule has 6 nitrogen and oxygen atoms in total. The summed E-state index contributed by atoms with van der Waals surface area (Å²) >= 11 is 3.53. The predicted octanol–water partition coefficient (Wildman–Crippen LogP) is 4.51. The van der Waals surface area contributed by atoms with E-state index < -0.39 is 12.0 Å². The maximum Gasteiger partial charge on any atom is 0.321 e. The van der Waals surface area contributed by atoms with Crippen molar-refractivity contribution in [3.63, 3.8) is 0 Å². The fourth-order valence-electron chi connectivity index (χ4n) is 3.28. The summed E-state index contributed by atoms with van der Waals surface area (Å²) in [6, 6.07) is 11.0. The van der Waals surface area contributed by atoms with Gasteiger partial charge < -0.3 is 24.9 Å². The molecule has 29 heavy (non-hydrogen) atoms. The molecule has 0 amide bonds. The van der Waals surface area contributed by atoms with Crippen LogP contribution in [-0.2, 0) is 17.8 Å². The number of aromatic amines is 1. The molecular weight excluding hydrogens is 436 g/mol. The Hall–Kier alpha value is -2.51. The zero-order chi connectivity index (χ0) is 20.8. The van der Waals surface area contributed by atoms with E-state index in [1.165, 1.54) is 0 Å². The number of aromatic nitrogens is 1. The van der Waals surface area contributed by atoms with Crippen LogP contribution in [0.3, 0.4) is 0 Å². The smallest absolute Gasteiger partial charge is 0.321 e. The number of nitrogens with one attached hydrogen (secondary N) is 2. The van der Waals surface area contributed by atoms with E-state index in [1.807, 2.05) is 56.4 Å². The van der Waals surface area contributed by atoms with E-state index in [2.05, 4.69) is 26.2 Å². The zero-order valence-electron chi connectivity index (χ0n) is 16.5. The van der Waals surface area contributed by atoms with Crippen molar-refractivity contribution in [2.45, 2.75) is 32.9 Å². The molecule has 0 aliphatic heterocycles. The van der Waals surface area contributed by atoms with Crippen LogP contribution in [0.25, 0.3) is 10.9 Å². The predicted molar refractivity (Wildman–Crippen MR) is 117 cm³/mol. The average molecular weight is 461 g/mol. The minimum absolute atomic E-state index is 0.385. The van der Waals surface area contributed by atoms with Gasteiger partial charge in [-0.3, -0.25) is 4.79 Å². The van der Waals surface area contributed by atoms with Crippen LogP contribution in [0.4, 0.5) is 0 Å². The Kier molecular flexibility index (Phi) is 7.17. The molecule has 0 radical (unpaired) electrons. The Labute approximate surface area is 178 Å². The molecule has 0 spiro atoms. The lowest BCUT2D eigenvalue weighted by molar-refractivity contribution is -0.139. The number of carboxylic acids is 1. The quantitative estimate of drug-likeness (QED) is 0.414. The fraction of sp³-hybridized carbons (Fsp3) is 0.318. The van der Waals surface area contributed by atoms with Gasteiger partial charge in [-0.15, -0.1) is 0 Å². The summed E-state index contributed by atoms with van der Waals surface area (Å²) in [5, 5.41) is 13.9. The van der Waals surface area contributed by atoms with Gasteiger partial charge in [-0.2, -0.15) is 0 Å². The summed E-state index contributed by atoms with van der Waals surface area (Å²) in [4.78, 5) is 15.0. The molecule has 0 fully saturated rings. The Bertz CT molecular complexity index is 986. The number of aliphatic carboxylic acids is 1. The first-order valence-corrected chi connectivity index (χ1v) is 10.4. The first kappa shape index (κ1) is 21.2. The minimum atomic E-state index is -0.884. The molecule has 7 heteroatoms. The number of fused-ring (bicyclic) bond motifs is 1. The van der Waals surface area contributed by atoms with Gasteiger partial charge in [-0.25, -0.2) is 0 Å². The van der Waals surface area contributed by atoms with Crippen molar-refractivity contribution >= 4 is 32.8 Å². The van der Waals surface area contributed by atoms with E-state index in [0.717, 1.165) is 26.5 Å². The Morgan fingerprint density at radius 2 is 1.97 bits per heavy atom. The molecule has 0 aliphatic rings. The lowest BCUT2D eigenvalue weighted by atomic mass is 10.0. The van der Waals surface area contributed by atoms with Gasteiger partial charge in [-0.05, 0) is 59.1 Å². The van der Waals surface area contributed by atoms with Gasteiger partial charge in [-0.1, -0.05) is 18.2 Å². The van der Waals surface area contributed by atoms with Gasteiger partial charge in [0.15, 0.2) is 11.5 Å². The molecule has 3 rings (SSSR count). The highest BCUT2D eigenvalue weighted by atomic mass is 79.9. The standard InChI is InChI=1S/C22H25BrN2O4/c1-3-28-20-10-14(9-17(23)21(20)29-4-2)12-24-19(22(26)27)11-15-13-25-18-8-6-5-7-16(15)18/h5-10,13,19,24-25H,3-4,11-12H2,1-2H3,(H,26,27). The van der Waals surface area contributed by atoms with Crippen molar-refractivity contribution in [3.8, 4) is 11.5 Å². The maximum atomic E-state index is 11.8. The third kappa shape index (κ3) is 5.10. The fourth-order valence-corrected chi connectivity index (χ4v) is 3.88. The number of halogens is 1. The second-order valence-electron chi connectivity index (χ2n) is 6.61. The van der Waals surface area contributed by atoms with Crippen molar-refractivity contribution in [1.82, 2.24) is 10.3 Å². The van der Waals surface area contributed by atoms with Gasteiger partial charge in [0.1, 0.15) is 6.04 Å². The third-order valence-electron chi connectivity index (χ3n) is 4.61. The maximum absolute atomic E-state index is 11.8. The topological polar surface area (TPSA) is 83.6 Å². The van der Waals surface area contributed by atoms with Crippen molar-refractivity contribution in [1.29, 1.82) is 0 Å². The van der Waals surface area contributed by atoms with Crippen LogP contribution in [0.15, 0.2) is 47.1 Å². The summed E-state index contributed by atoms with van der Waals surface area (Å²) in [6.45, 7) is 5.27. The molecule has 1 heterocycles. The molecule has 0 saturated carbocycles. The number of hydrogen-bond acceptors (Lipinski definition) is 4. The van der Waals surface area contributed by atoms with Crippen LogP contribution in [0.1, 0.15) is 25.0 Å². The van der Waals surface area contributed by atoms with Gasteiger partial charge in [0, 0.05) is 30.1 Å². The van der Waals surface area contributed by atoms with Crippen LogP contribution in [0, 0.1) is 0 Å². The average Bonchev–Trinajstić information content (AvgIpc) is 3.10. The number of rotatable bonds is 10. The SMILES string of the molecule is CCOc1cc(CNC(Cc2c[nH]c3ccccc23)C(=O)O)cc(Br)c1OCC. The summed E-state index contributed by atoms with van der Waals surface area (Å²) < 4.78 is 12.1. The molecule has 2 aromatic carbocycles. The van der Waals surface area contributed by atoms with Gasteiger partial charge in [0.05, 0.1) is 17.7 Å². The summed E-state index contributed by atoms with van der Waals surface area (Å²) in [7, 11) is 0. The number of carboxylic acid groups (broad SMARTS) is 1. The van der Waals surface area contributed by atoms with Crippen molar-refractivity contribution < 1.29 is 19.4 Å². The number of benzene rings is 2. The van der Waals surface area contributed by atoms with Crippen LogP contribution < -0.4 is 14.8 Å². The lowest BCUT2D eigenvalue weighted by Gasteiger charge is -2.17. The zero-order valence-corrected chi connectivity index (χ0v) is 18.1. The van der Waals surface area contributed by atoms with Crippen LogP contribution >= 0.6 is 15.9 Å². The van der Waals surface area contributed by atoms with Crippen LogP contribution in [0.5, 0.6) is 11.5 Å². The molecule has 1 unspecified atom stereocenters. The van der Waals surface area contributed by atoms with Crippen molar-refractivity contribution in [2.75, 3.05) is 13.2 Å². The Balaban J connectivity index is 1.76. The highest BCUT2D eigenvalue weighted by Crippen LogP contribution is 2.37. The Morgan fingerprint density at radius 1 is 1.21 bits per heavy atom. The molecule has 0 aliphatic carbocycles. The lowest BCUT2D eigenvalue weighted by Crippen LogP contribution is -2.38. The van der Waals surface area contributed by atoms with Crippen LogP contribution in [0.2, 0.25) is 0 Å². The first-order valence-electron chi connectivity index (χ1n) is 9.62. The molecule has 0 saturated heterocycles. The molecule has 1 atom stereocenters. The van der Waals surface area contributed by atoms with E-state index in [1.54, 1.807) is 0 Å². The van der Waals surface area contributed by atoms with Gasteiger partial charge >= 0.3 is 5.97 Å². The first-order chi connectivity index (χ1) is 14.0. The van der Waals surface area contributed by atoms with E-state index in [-0.39, 0.29) is 0 Å². The highest BCUT2D eigenvalue weighted by molar-refractivity contribution is 9.10. The van der Waals surface area contributed by atoms with E-state index in [0.29, 0.717) is 37.7 Å². The number of H-pyrrole nitrogens is 1. The van der Waals surface area contributed by atoms with Gasteiger partial charge in [0.2, 0.25) is 0 Å². The van der Waals surface area contributed by atoms with Gasteiger partial charge in [0.25, 0.3) is 0 Å². The number of carbonyl (C=O) groups is 1. The van der Waals surface area contributed by atoms with Crippen LogP contribution in [-0.4, -0.2) is 35.3 Å². The van der Waals surface area contributed by atoms with Crippen molar-refractivity contribution in [3.05, 3.63) is 58.2 Å². The second kappa shape index (κ2) is 9.80. The molecule has 0 bridgehead atoms. The van der Waals surface area contributed by atoms with E-state index >= 15 is 0 Å². The number of para-hydroxylation sites is 1. The minimum Gasteiger partial charge on any atom is -0.490 e. The summed E-state index contributed by atoms with van der Waals surface area (Å²) in [6.07, 6.45) is 2.26. The summed E-state index contributed by atoms with van der Waals surface area (Å²) in [5.74, 6) is 0.418. The van der Waals surface area contributed by atoms with Crippen molar-refractivity contribution in [2.24, 2.45) is 0 Å². The molecule has 3 N–H and O–H groups in total. The molecule has 1 aromatic heterocycles. The van der Waals surface area contributed by atoms with E-state index in [9.17, 15) is 9.90 Å². The number of hydrogen-bond donors (Lipinski definition) is 3. The Morgan fingerprint density at radius 3 is 2.69 bits per heavy atom.